The highest BCUT2D eigenvalue weighted by molar-refractivity contribution is 5.30. The first-order chi connectivity index (χ1) is 8.72. The molecule has 102 valence electrons. The molecule has 3 heteroatoms. The van der Waals surface area contributed by atoms with Gasteiger partial charge in [0.1, 0.15) is 11.6 Å². The van der Waals surface area contributed by atoms with Crippen molar-refractivity contribution in [3.05, 3.63) is 29.6 Å². The quantitative estimate of drug-likeness (QED) is 0.705. The van der Waals surface area contributed by atoms with Gasteiger partial charge in [-0.1, -0.05) is 39.2 Å². The van der Waals surface area contributed by atoms with Crippen molar-refractivity contribution in [3.63, 3.8) is 0 Å². The molecule has 1 aromatic carbocycles. The van der Waals surface area contributed by atoms with Gasteiger partial charge in [0.15, 0.2) is 0 Å². The van der Waals surface area contributed by atoms with Crippen molar-refractivity contribution < 1.29 is 9.13 Å². The normalized spacial score (nSPS) is 12.4. The van der Waals surface area contributed by atoms with Crippen molar-refractivity contribution in [1.29, 1.82) is 0 Å². The van der Waals surface area contributed by atoms with Crippen molar-refractivity contribution in [2.75, 3.05) is 13.7 Å². The first-order valence-corrected chi connectivity index (χ1v) is 6.79. The number of ether oxygens (including phenoxy) is 1. The second-order valence-electron chi connectivity index (χ2n) is 4.49. The summed E-state index contributed by atoms with van der Waals surface area (Å²) in [4.78, 5) is 0. The van der Waals surface area contributed by atoms with E-state index in [1.807, 2.05) is 19.1 Å². The molecule has 1 atom stereocenters. The third-order valence-corrected chi connectivity index (χ3v) is 3.13. The molecular weight excluding hydrogens is 229 g/mol. The van der Waals surface area contributed by atoms with Crippen LogP contribution in [0.25, 0.3) is 0 Å². The van der Waals surface area contributed by atoms with E-state index in [-0.39, 0.29) is 11.9 Å². The summed E-state index contributed by atoms with van der Waals surface area (Å²) in [5, 5.41) is 3.36. The largest absolute Gasteiger partial charge is 0.497 e. The highest BCUT2D eigenvalue weighted by Crippen LogP contribution is 2.25. The zero-order valence-electron chi connectivity index (χ0n) is 11.6. The SMILES string of the molecule is CCCCCC(NCC)c1ccc(OC)cc1F. The summed E-state index contributed by atoms with van der Waals surface area (Å²) in [6.07, 6.45) is 4.48. The van der Waals surface area contributed by atoms with Crippen molar-refractivity contribution in [3.8, 4) is 5.75 Å². The Morgan fingerprint density at radius 3 is 2.61 bits per heavy atom. The number of rotatable bonds is 8. The maximum absolute atomic E-state index is 14.0. The van der Waals surface area contributed by atoms with Crippen molar-refractivity contribution in [1.82, 2.24) is 5.32 Å². The number of methoxy groups -OCH3 is 1. The van der Waals surface area contributed by atoms with Gasteiger partial charge in [-0.15, -0.1) is 0 Å². The Kier molecular flexibility index (Phi) is 6.73. The van der Waals surface area contributed by atoms with Gasteiger partial charge in [-0.2, -0.15) is 0 Å². The molecule has 0 fully saturated rings. The third kappa shape index (κ3) is 4.30. The van der Waals surface area contributed by atoms with Crippen LogP contribution in [0.4, 0.5) is 4.39 Å². The van der Waals surface area contributed by atoms with Crippen LogP contribution in [0.3, 0.4) is 0 Å². The summed E-state index contributed by atoms with van der Waals surface area (Å²) < 4.78 is 19.0. The molecule has 0 amide bonds. The Morgan fingerprint density at radius 1 is 1.28 bits per heavy atom. The van der Waals surface area contributed by atoms with Crippen LogP contribution in [0.2, 0.25) is 0 Å². The Hall–Kier alpha value is -1.09. The first-order valence-electron chi connectivity index (χ1n) is 6.79. The lowest BCUT2D eigenvalue weighted by Gasteiger charge is -2.19. The highest BCUT2D eigenvalue weighted by atomic mass is 19.1. The average molecular weight is 253 g/mol. The summed E-state index contributed by atoms with van der Waals surface area (Å²) in [6, 6.07) is 5.21. The van der Waals surface area contributed by atoms with E-state index < -0.39 is 0 Å². The fraction of sp³-hybridized carbons (Fsp3) is 0.600. The molecular formula is C15H24FNO. The topological polar surface area (TPSA) is 21.3 Å². The standard InChI is InChI=1S/C15H24FNO/c1-4-6-7-8-15(17-5-2)13-10-9-12(18-3)11-14(13)16/h9-11,15,17H,4-8H2,1-3H3. The second kappa shape index (κ2) is 8.09. The van der Waals surface area contributed by atoms with Gasteiger partial charge >= 0.3 is 0 Å². The monoisotopic (exact) mass is 253 g/mol. The molecule has 0 aliphatic heterocycles. The number of hydrogen-bond donors (Lipinski definition) is 1. The molecule has 0 bridgehead atoms. The van der Waals surface area contributed by atoms with E-state index in [1.54, 1.807) is 7.11 Å². The van der Waals surface area contributed by atoms with E-state index in [0.717, 1.165) is 24.9 Å². The predicted octanol–water partition coefficient (Wildman–Crippen LogP) is 4.07. The van der Waals surface area contributed by atoms with Crippen LogP contribution in [0, 0.1) is 5.82 Å². The van der Waals surface area contributed by atoms with E-state index in [2.05, 4.69) is 12.2 Å². The zero-order chi connectivity index (χ0) is 13.4. The van der Waals surface area contributed by atoms with Gasteiger partial charge in [0.25, 0.3) is 0 Å². The molecule has 0 aromatic heterocycles. The Morgan fingerprint density at radius 2 is 2.06 bits per heavy atom. The summed E-state index contributed by atoms with van der Waals surface area (Å²) in [5.41, 5.74) is 0.744. The minimum atomic E-state index is -0.184. The van der Waals surface area contributed by atoms with Crippen LogP contribution < -0.4 is 10.1 Å². The third-order valence-electron chi connectivity index (χ3n) is 3.13. The van der Waals surface area contributed by atoms with E-state index in [0.29, 0.717) is 5.75 Å². The van der Waals surface area contributed by atoms with Crippen molar-refractivity contribution in [2.45, 2.75) is 45.6 Å². The van der Waals surface area contributed by atoms with Gasteiger partial charge < -0.3 is 10.1 Å². The summed E-state index contributed by atoms with van der Waals surface area (Å²) >= 11 is 0. The lowest BCUT2D eigenvalue weighted by Crippen LogP contribution is -2.21. The lowest BCUT2D eigenvalue weighted by atomic mass is 9.99. The van der Waals surface area contributed by atoms with Gasteiger partial charge in [-0.3, -0.25) is 0 Å². The Balaban J connectivity index is 2.77. The number of nitrogens with one attached hydrogen (secondary N) is 1. The highest BCUT2D eigenvalue weighted by Gasteiger charge is 2.14. The van der Waals surface area contributed by atoms with Gasteiger partial charge in [0, 0.05) is 17.7 Å². The molecule has 1 rings (SSSR count). The van der Waals surface area contributed by atoms with Gasteiger partial charge in [0.05, 0.1) is 7.11 Å². The summed E-state index contributed by atoms with van der Waals surface area (Å²) in [5.74, 6) is 0.386. The summed E-state index contributed by atoms with van der Waals surface area (Å²) in [6.45, 7) is 5.08. The molecule has 0 aliphatic rings. The molecule has 18 heavy (non-hydrogen) atoms. The van der Waals surface area contributed by atoms with Crippen LogP contribution in [0.1, 0.15) is 51.1 Å². The van der Waals surface area contributed by atoms with Crippen LogP contribution in [-0.4, -0.2) is 13.7 Å². The molecule has 0 aliphatic carbocycles. The number of unbranched alkanes of at least 4 members (excludes halogenated alkanes) is 2. The maximum atomic E-state index is 14.0. The van der Waals surface area contributed by atoms with Gasteiger partial charge in [0.2, 0.25) is 0 Å². The Bertz CT molecular complexity index is 354. The summed E-state index contributed by atoms with van der Waals surface area (Å²) in [7, 11) is 1.55. The molecule has 0 radical (unpaired) electrons. The van der Waals surface area contributed by atoms with Crippen molar-refractivity contribution >= 4 is 0 Å². The fourth-order valence-electron chi connectivity index (χ4n) is 2.13. The molecule has 0 saturated carbocycles. The Labute approximate surface area is 110 Å². The lowest BCUT2D eigenvalue weighted by molar-refractivity contribution is 0.407. The molecule has 0 saturated heterocycles. The molecule has 1 N–H and O–H groups in total. The van der Waals surface area contributed by atoms with E-state index in [1.165, 1.54) is 18.9 Å². The zero-order valence-corrected chi connectivity index (χ0v) is 11.6. The van der Waals surface area contributed by atoms with Crippen LogP contribution in [0.15, 0.2) is 18.2 Å². The first kappa shape index (κ1) is 15.0. The van der Waals surface area contributed by atoms with Crippen LogP contribution in [-0.2, 0) is 0 Å². The van der Waals surface area contributed by atoms with Crippen LogP contribution in [0.5, 0.6) is 5.75 Å². The molecule has 1 unspecified atom stereocenters. The predicted molar refractivity (Wildman–Crippen MR) is 73.5 cm³/mol. The van der Waals surface area contributed by atoms with E-state index in [9.17, 15) is 4.39 Å². The average Bonchev–Trinajstić information content (AvgIpc) is 2.38. The fourth-order valence-corrected chi connectivity index (χ4v) is 2.13. The van der Waals surface area contributed by atoms with Gasteiger partial charge in [-0.25, -0.2) is 4.39 Å². The molecule has 0 heterocycles. The minimum absolute atomic E-state index is 0.104. The van der Waals surface area contributed by atoms with Crippen LogP contribution >= 0.6 is 0 Å². The van der Waals surface area contributed by atoms with E-state index >= 15 is 0 Å². The second-order valence-corrected chi connectivity index (χ2v) is 4.49. The molecule has 1 aromatic rings. The van der Waals surface area contributed by atoms with E-state index in [4.69, 9.17) is 4.74 Å². The number of halogens is 1. The van der Waals surface area contributed by atoms with Gasteiger partial charge in [-0.05, 0) is 19.0 Å². The molecule has 2 nitrogen and oxygen atoms in total. The minimum Gasteiger partial charge on any atom is -0.497 e. The van der Waals surface area contributed by atoms with Crippen molar-refractivity contribution in [2.24, 2.45) is 0 Å². The smallest absolute Gasteiger partial charge is 0.131 e. The number of hydrogen-bond acceptors (Lipinski definition) is 2. The number of benzene rings is 1. The maximum Gasteiger partial charge on any atom is 0.131 e. The molecule has 0 spiro atoms.